The Hall–Kier alpha value is -1.77. The number of halogens is 6. The molecule has 1 aromatic carbocycles. The van der Waals surface area contributed by atoms with Crippen LogP contribution in [0.3, 0.4) is 0 Å². The molecule has 2 unspecified atom stereocenters. The molecule has 1 aromatic rings. The van der Waals surface area contributed by atoms with Gasteiger partial charge in [-0.2, -0.15) is 26.3 Å². The molecular formula is C16H19F6NO2. The van der Waals surface area contributed by atoms with Gasteiger partial charge in [0.2, 0.25) is 0 Å². The van der Waals surface area contributed by atoms with E-state index in [9.17, 15) is 31.1 Å². The van der Waals surface area contributed by atoms with Crippen LogP contribution in [0.25, 0.3) is 0 Å². The van der Waals surface area contributed by atoms with Crippen molar-refractivity contribution in [3.63, 3.8) is 0 Å². The number of aliphatic carboxylic acids is 1. The molecule has 0 aliphatic rings. The van der Waals surface area contributed by atoms with Crippen LogP contribution in [-0.4, -0.2) is 16.6 Å². The third-order valence-electron chi connectivity index (χ3n) is 4.03. The van der Waals surface area contributed by atoms with E-state index in [0.717, 1.165) is 0 Å². The van der Waals surface area contributed by atoms with E-state index >= 15 is 0 Å². The highest BCUT2D eigenvalue weighted by Crippen LogP contribution is 2.38. The van der Waals surface area contributed by atoms with Gasteiger partial charge in [-0.3, -0.25) is 4.79 Å². The highest BCUT2D eigenvalue weighted by atomic mass is 19.4. The van der Waals surface area contributed by atoms with Crippen LogP contribution in [0.5, 0.6) is 0 Å². The maximum atomic E-state index is 13.1. The molecule has 0 aromatic heterocycles. The van der Waals surface area contributed by atoms with Crippen LogP contribution in [0, 0.1) is 5.92 Å². The van der Waals surface area contributed by atoms with Crippen molar-refractivity contribution in [3.05, 3.63) is 34.9 Å². The molecule has 0 aliphatic heterocycles. The molecule has 2 atom stereocenters. The first kappa shape index (κ1) is 21.3. The van der Waals surface area contributed by atoms with Crippen LogP contribution in [0.1, 0.15) is 43.4 Å². The molecule has 9 heteroatoms. The Bertz CT molecular complexity index is 622. The molecule has 3 nitrogen and oxygen atoms in total. The van der Waals surface area contributed by atoms with E-state index in [1.807, 2.05) is 0 Å². The lowest BCUT2D eigenvalue weighted by molar-refractivity contribution is -0.143. The van der Waals surface area contributed by atoms with E-state index in [-0.39, 0.29) is 19.3 Å². The van der Waals surface area contributed by atoms with Crippen molar-refractivity contribution in [1.82, 2.24) is 0 Å². The molecule has 0 saturated carbocycles. The van der Waals surface area contributed by atoms with E-state index in [2.05, 4.69) is 0 Å². The van der Waals surface area contributed by atoms with Crippen LogP contribution in [0.2, 0.25) is 0 Å². The predicted octanol–water partition coefficient (Wildman–Crippen LogP) is 4.49. The van der Waals surface area contributed by atoms with Crippen molar-refractivity contribution in [2.24, 2.45) is 11.7 Å². The molecule has 0 fully saturated rings. The van der Waals surface area contributed by atoms with Crippen LogP contribution in [0.4, 0.5) is 26.3 Å². The summed E-state index contributed by atoms with van der Waals surface area (Å²) in [5, 5.41) is 9.03. The van der Waals surface area contributed by atoms with E-state index in [4.69, 9.17) is 10.8 Å². The monoisotopic (exact) mass is 371 g/mol. The van der Waals surface area contributed by atoms with Gasteiger partial charge < -0.3 is 10.8 Å². The van der Waals surface area contributed by atoms with Crippen molar-refractivity contribution in [1.29, 1.82) is 0 Å². The molecule has 142 valence electrons. The molecule has 0 saturated heterocycles. The smallest absolute Gasteiger partial charge is 0.416 e. The number of benzene rings is 1. The number of carboxylic acids is 1. The van der Waals surface area contributed by atoms with Crippen molar-refractivity contribution in [2.75, 3.05) is 0 Å². The van der Waals surface area contributed by atoms with Gasteiger partial charge in [-0.15, -0.1) is 0 Å². The van der Waals surface area contributed by atoms with Crippen molar-refractivity contribution >= 4 is 5.97 Å². The standard InChI is InChI=1S/C16H19F6NO2/c1-3-9(8-14(2,23)13(24)25)6-10-7-11(15(17,18)19)4-5-12(10)16(20,21)22/h4-5,7,9H,3,6,8,23H2,1-2H3,(H,24,25). The highest BCUT2D eigenvalue weighted by Gasteiger charge is 2.38. The summed E-state index contributed by atoms with van der Waals surface area (Å²) in [5.74, 6) is -1.94. The maximum absolute atomic E-state index is 13.1. The van der Waals surface area contributed by atoms with Crippen molar-refractivity contribution in [3.8, 4) is 0 Å². The van der Waals surface area contributed by atoms with Gasteiger partial charge in [-0.05, 0) is 49.4 Å². The van der Waals surface area contributed by atoms with Gasteiger partial charge in [-0.25, -0.2) is 0 Å². The van der Waals surface area contributed by atoms with Gasteiger partial charge in [-0.1, -0.05) is 13.3 Å². The van der Waals surface area contributed by atoms with Gasteiger partial charge in [0.1, 0.15) is 5.54 Å². The molecule has 25 heavy (non-hydrogen) atoms. The van der Waals surface area contributed by atoms with Crippen LogP contribution in [0.15, 0.2) is 18.2 Å². The fourth-order valence-corrected chi connectivity index (χ4v) is 2.57. The minimum absolute atomic E-state index is 0.160. The maximum Gasteiger partial charge on any atom is 0.416 e. The molecule has 0 radical (unpaired) electrons. The quantitative estimate of drug-likeness (QED) is 0.725. The van der Waals surface area contributed by atoms with Gasteiger partial charge in [0.05, 0.1) is 11.1 Å². The Labute approximate surface area is 140 Å². The number of rotatable bonds is 6. The van der Waals surface area contributed by atoms with Gasteiger partial charge >= 0.3 is 18.3 Å². The second kappa shape index (κ2) is 7.23. The van der Waals surface area contributed by atoms with E-state index in [1.165, 1.54) is 6.92 Å². The fraction of sp³-hybridized carbons (Fsp3) is 0.562. The Morgan fingerprint density at radius 3 is 2.12 bits per heavy atom. The van der Waals surface area contributed by atoms with Gasteiger partial charge in [0.25, 0.3) is 0 Å². The molecule has 0 heterocycles. The highest BCUT2D eigenvalue weighted by molar-refractivity contribution is 5.77. The minimum Gasteiger partial charge on any atom is -0.480 e. The van der Waals surface area contributed by atoms with Crippen LogP contribution < -0.4 is 5.73 Å². The SMILES string of the molecule is CCC(Cc1cc(C(F)(F)F)ccc1C(F)(F)F)CC(C)(N)C(=O)O. The number of alkyl halides is 6. The molecule has 0 spiro atoms. The summed E-state index contributed by atoms with van der Waals surface area (Å²) in [6, 6.07) is 1.27. The predicted molar refractivity (Wildman–Crippen MR) is 78.8 cm³/mol. The number of carbonyl (C=O) groups is 1. The van der Waals surface area contributed by atoms with Crippen LogP contribution in [-0.2, 0) is 23.6 Å². The lowest BCUT2D eigenvalue weighted by atomic mass is 9.83. The molecular weight excluding hydrogens is 352 g/mol. The third kappa shape index (κ3) is 5.62. The van der Waals surface area contributed by atoms with Crippen molar-refractivity contribution < 1.29 is 36.2 Å². The lowest BCUT2D eigenvalue weighted by Crippen LogP contribution is -2.46. The fourth-order valence-electron chi connectivity index (χ4n) is 2.57. The number of hydrogen-bond donors (Lipinski definition) is 2. The molecule has 0 aliphatic carbocycles. The van der Waals surface area contributed by atoms with Gasteiger partial charge in [0.15, 0.2) is 0 Å². The second-order valence-corrected chi connectivity index (χ2v) is 6.27. The first-order chi connectivity index (χ1) is 11.2. The van der Waals surface area contributed by atoms with E-state index in [1.54, 1.807) is 6.92 Å². The van der Waals surface area contributed by atoms with E-state index in [0.29, 0.717) is 18.2 Å². The summed E-state index contributed by atoms with van der Waals surface area (Å²) < 4.78 is 77.7. The summed E-state index contributed by atoms with van der Waals surface area (Å²) in [6.45, 7) is 2.83. The Morgan fingerprint density at radius 2 is 1.72 bits per heavy atom. The largest absolute Gasteiger partial charge is 0.480 e. The summed E-state index contributed by atoms with van der Waals surface area (Å²) >= 11 is 0. The second-order valence-electron chi connectivity index (χ2n) is 6.27. The minimum atomic E-state index is -4.81. The zero-order valence-corrected chi connectivity index (χ0v) is 13.6. The summed E-state index contributed by atoms with van der Waals surface area (Å²) in [6.07, 6.45) is -9.82. The number of nitrogens with two attached hydrogens (primary N) is 1. The Balaban J connectivity index is 3.25. The normalized spacial score (nSPS) is 16.4. The summed E-state index contributed by atoms with van der Waals surface area (Å²) in [5.41, 5.74) is 1.07. The molecule has 0 bridgehead atoms. The average molecular weight is 371 g/mol. The first-order valence-corrected chi connectivity index (χ1v) is 7.48. The zero-order valence-electron chi connectivity index (χ0n) is 13.6. The Morgan fingerprint density at radius 1 is 1.16 bits per heavy atom. The molecule has 0 amide bonds. The Kier molecular flexibility index (Phi) is 6.15. The topological polar surface area (TPSA) is 63.3 Å². The van der Waals surface area contributed by atoms with Gasteiger partial charge in [0, 0.05) is 0 Å². The number of hydrogen-bond acceptors (Lipinski definition) is 2. The zero-order chi connectivity index (χ0) is 19.6. The molecule has 1 rings (SSSR count). The average Bonchev–Trinajstić information content (AvgIpc) is 2.43. The summed E-state index contributed by atoms with van der Waals surface area (Å²) in [7, 11) is 0. The van der Waals surface area contributed by atoms with Crippen molar-refractivity contribution in [2.45, 2.75) is 51.0 Å². The molecule has 3 N–H and O–H groups in total. The lowest BCUT2D eigenvalue weighted by Gasteiger charge is -2.26. The van der Waals surface area contributed by atoms with Crippen LogP contribution >= 0.6 is 0 Å². The van der Waals surface area contributed by atoms with E-state index < -0.39 is 46.5 Å². The summed E-state index contributed by atoms with van der Waals surface area (Å²) in [4.78, 5) is 11.1. The third-order valence-corrected chi connectivity index (χ3v) is 4.03. The first-order valence-electron chi connectivity index (χ1n) is 7.48. The number of carboxylic acid groups (broad SMARTS) is 1.